The zero-order valence-electron chi connectivity index (χ0n) is 19.6. The first kappa shape index (κ1) is 23.1. The van der Waals surface area contributed by atoms with Crippen molar-refractivity contribution in [3.05, 3.63) is 117 Å². The highest BCUT2D eigenvalue weighted by molar-refractivity contribution is 9.10. The lowest BCUT2D eigenvalue weighted by Gasteiger charge is -2.18. The minimum Gasteiger partial charge on any atom is -0.309 e. The molecule has 0 fully saturated rings. The van der Waals surface area contributed by atoms with Gasteiger partial charge in [-0.1, -0.05) is 94.2 Å². The van der Waals surface area contributed by atoms with Gasteiger partial charge in [-0.3, -0.25) is 0 Å². The van der Waals surface area contributed by atoms with Gasteiger partial charge in [0, 0.05) is 25.4 Å². The normalized spacial score (nSPS) is 14.0. The van der Waals surface area contributed by atoms with E-state index in [2.05, 4.69) is 154 Å². The minimum atomic E-state index is 0.439. The van der Waals surface area contributed by atoms with Gasteiger partial charge in [0.15, 0.2) is 0 Å². The SMILES string of the molecule is C/C(=C\C(C)C(C)c1ccccc1)c1cccc(-n2c3ccc(Br)cc3c3cc(Br)ccc32)c1. The van der Waals surface area contributed by atoms with Crippen LogP contribution in [0.4, 0.5) is 0 Å². The van der Waals surface area contributed by atoms with Gasteiger partial charge in [-0.05, 0) is 84.0 Å². The fourth-order valence-corrected chi connectivity index (χ4v) is 5.55. The van der Waals surface area contributed by atoms with Crippen molar-refractivity contribution < 1.29 is 0 Å². The van der Waals surface area contributed by atoms with E-state index in [9.17, 15) is 0 Å². The van der Waals surface area contributed by atoms with E-state index in [0.717, 1.165) is 8.95 Å². The third kappa shape index (κ3) is 4.39. The number of benzene rings is 4. The van der Waals surface area contributed by atoms with E-state index < -0.39 is 0 Å². The molecule has 0 radical (unpaired) electrons. The minimum absolute atomic E-state index is 0.439. The quantitative estimate of drug-likeness (QED) is 0.197. The molecule has 0 N–H and O–H groups in total. The topological polar surface area (TPSA) is 4.93 Å². The Labute approximate surface area is 218 Å². The maximum atomic E-state index is 3.66. The van der Waals surface area contributed by atoms with Crippen LogP contribution in [0.1, 0.15) is 37.8 Å². The van der Waals surface area contributed by atoms with Crippen LogP contribution in [0.3, 0.4) is 0 Å². The molecule has 4 aromatic carbocycles. The summed E-state index contributed by atoms with van der Waals surface area (Å²) in [6.45, 7) is 6.86. The Morgan fingerprint density at radius 3 is 1.97 bits per heavy atom. The number of halogens is 2. The van der Waals surface area contributed by atoms with Crippen LogP contribution in [0.5, 0.6) is 0 Å². The van der Waals surface area contributed by atoms with Gasteiger partial charge in [-0.2, -0.15) is 0 Å². The summed E-state index contributed by atoms with van der Waals surface area (Å²) in [4.78, 5) is 0. The molecule has 0 aliphatic rings. The number of aromatic nitrogens is 1. The Kier molecular flexibility index (Phi) is 6.50. The molecule has 34 heavy (non-hydrogen) atoms. The second-order valence-electron chi connectivity index (χ2n) is 9.12. The van der Waals surface area contributed by atoms with Crippen molar-refractivity contribution in [3.63, 3.8) is 0 Å². The average Bonchev–Trinajstić information content (AvgIpc) is 3.16. The summed E-state index contributed by atoms with van der Waals surface area (Å²) < 4.78 is 4.55. The number of hydrogen-bond donors (Lipinski definition) is 0. The molecule has 2 unspecified atom stereocenters. The molecule has 5 aromatic rings. The highest BCUT2D eigenvalue weighted by atomic mass is 79.9. The number of hydrogen-bond acceptors (Lipinski definition) is 0. The molecule has 0 saturated carbocycles. The number of rotatable bonds is 5. The van der Waals surface area contributed by atoms with Crippen LogP contribution < -0.4 is 0 Å². The number of nitrogens with zero attached hydrogens (tertiary/aromatic N) is 1. The van der Waals surface area contributed by atoms with E-state index in [1.54, 1.807) is 0 Å². The van der Waals surface area contributed by atoms with Crippen LogP contribution in [0.15, 0.2) is 106 Å². The van der Waals surface area contributed by atoms with Crippen molar-refractivity contribution >= 4 is 59.2 Å². The maximum absolute atomic E-state index is 3.66. The summed E-state index contributed by atoms with van der Waals surface area (Å²) in [7, 11) is 0. The fourth-order valence-electron chi connectivity index (χ4n) is 4.83. The molecule has 1 nitrogen and oxygen atoms in total. The maximum Gasteiger partial charge on any atom is 0.0541 e. The van der Waals surface area contributed by atoms with Gasteiger partial charge in [0.1, 0.15) is 0 Å². The first-order valence-electron chi connectivity index (χ1n) is 11.7. The zero-order valence-corrected chi connectivity index (χ0v) is 22.8. The van der Waals surface area contributed by atoms with E-state index in [4.69, 9.17) is 0 Å². The summed E-state index contributed by atoms with van der Waals surface area (Å²) >= 11 is 7.31. The largest absolute Gasteiger partial charge is 0.309 e. The predicted molar refractivity (Wildman–Crippen MR) is 154 cm³/mol. The van der Waals surface area contributed by atoms with E-state index in [1.165, 1.54) is 44.2 Å². The summed E-state index contributed by atoms with van der Waals surface area (Å²) in [6.07, 6.45) is 2.41. The molecule has 0 aliphatic heterocycles. The monoisotopic (exact) mass is 571 g/mol. The third-order valence-corrected chi connectivity index (χ3v) is 7.86. The molecule has 170 valence electrons. The summed E-state index contributed by atoms with van der Waals surface area (Å²) in [5, 5.41) is 2.49. The van der Waals surface area contributed by atoms with Gasteiger partial charge in [0.2, 0.25) is 0 Å². The standard InChI is InChI=1S/C31H27Br2N/c1-20(22(3)23-8-5-4-6-9-23)16-21(2)24-10-7-11-27(17-24)34-30-14-12-25(32)18-28(30)29-19-26(33)13-15-31(29)34/h4-20,22H,1-3H3/b21-16+. The van der Waals surface area contributed by atoms with Crippen LogP contribution >= 0.6 is 31.9 Å². The lowest BCUT2D eigenvalue weighted by Crippen LogP contribution is -2.04. The van der Waals surface area contributed by atoms with Crippen molar-refractivity contribution in [1.29, 1.82) is 0 Å². The Morgan fingerprint density at radius 1 is 0.735 bits per heavy atom. The summed E-state index contributed by atoms with van der Waals surface area (Å²) in [5.74, 6) is 0.905. The lowest BCUT2D eigenvalue weighted by molar-refractivity contribution is 0.592. The Hall–Kier alpha value is -2.62. The van der Waals surface area contributed by atoms with Crippen molar-refractivity contribution in [2.45, 2.75) is 26.7 Å². The third-order valence-electron chi connectivity index (χ3n) is 6.88. The van der Waals surface area contributed by atoms with E-state index >= 15 is 0 Å². The first-order chi connectivity index (χ1) is 16.4. The summed E-state index contributed by atoms with van der Waals surface area (Å²) in [5.41, 5.74) is 7.55. The van der Waals surface area contributed by atoms with Gasteiger partial charge in [-0.15, -0.1) is 0 Å². The second-order valence-corrected chi connectivity index (χ2v) is 10.9. The molecule has 0 saturated heterocycles. The Balaban J connectivity index is 1.58. The van der Waals surface area contributed by atoms with Gasteiger partial charge in [-0.25, -0.2) is 0 Å². The molecule has 3 heteroatoms. The van der Waals surface area contributed by atoms with Crippen LogP contribution in [-0.4, -0.2) is 4.57 Å². The smallest absolute Gasteiger partial charge is 0.0541 e. The molecule has 2 atom stereocenters. The van der Waals surface area contributed by atoms with Crippen molar-refractivity contribution in [2.75, 3.05) is 0 Å². The molecule has 1 aromatic heterocycles. The van der Waals surface area contributed by atoms with E-state index in [-0.39, 0.29) is 0 Å². The second kappa shape index (κ2) is 9.56. The van der Waals surface area contributed by atoms with E-state index in [1.807, 2.05) is 0 Å². The molecule has 0 aliphatic carbocycles. The Bertz CT molecular complexity index is 1450. The molecule has 0 bridgehead atoms. The Morgan fingerprint density at radius 2 is 1.35 bits per heavy atom. The van der Waals surface area contributed by atoms with Gasteiger partial charge in [0.05, 0.1) is 11.0 Å². The molecular weight excluding hydrogens is 546 g/mol. The molecule has 0 amide bonds. The molecule has 0 spiro atoms. The number of fused-ring (bicyclic) bond motifs is 3. The van der Waals surface area contributed by atoms with Crippen molar-refractivity contribution in [3.8, 4) is 5.69 Å². The van der Waals surface area contributed by atoms with E-state index in [0.29, 0.717) is 11.8 Å². The number of allylic oxidation sites excluding steroid dienone is 2. The van der Waals surface area contributed by atoms with Crippen LogP contribution in [-0.2, 0) is 0 Å². The highest BCUT2D eigenvalue weighted by Gasteiger charge is 2.15. The average molecular weight is 573 g/mol. The fraction of sp³-hybridized carbons (Fsp3) is 0.161. The lowest BCUT2D eigenvalue weighted by atomic mass is 9.87. The van der Waals surface area contributed by atoms with Crippen LogP contribution in [0, 0.1) is 5.92 Å². The summed E-state index contributed by atoms with van der Waals surface area (Å²) in [6, 6.07) is 32.8. The molecule has 5 rings (SSSR count). The van der Waals surface area contributed by atoms with Crippen molar-refractivity contribution in [1.82, 2.24) is 4.57 Å². The zero-order chi connectivity index (χ0) is 23.8. The van der Waals surface area contributed by atoms with Crippen molar-refractivity contribution in [2.24, 2.45) is 5.92 Å². The molecular formula is C31H27Br2N. The van der Waals surface area contributed by atoms with Crippen LogP contribution in [0.25, 0.3) is 33.1 Å². The van der Waals surface area contributed by atoms with Gasteiger partial charge < -0.3 is 4.57 Å². The predicted octanol–water partition coefficient (Wildman–Crippen LogP) is 10.2. The molecule has 1 heterocycles. The first-order valence-corrected chi connectivity index (χ1v) is 13.2. The van der Waals surface area contributed by atoms with Gasteiger partial charge in [0.25, 0.3) is 0 Å². The van der Waals surface area contributed by atoms with Gasteiger partial charge >= 0.3 is 0 Å². The van der Waals surface area contributed by atoms with Crippen LogP contribution in [0.2, 0.25) is 0 Å². The highest BCUT2D eigenvalue weighted by Crippen LogP contribution is 2.36.